The summed E-state index contributed by atoms with van der Waals surface area (Å²) in [7, 11) is 1.83. The van der Waals surface area contributed by atoms with Crippen LogP contribution in [-0.2, 0) is 6.54 Å². The van der Waals surface area contributed by atoms with Crippen LogP contribution in [0.5, 0.6) is 0 Å². The number of aliphatic imine (C=N–C) groups is 1. The average Bonchev–Trinajstić information content (AvgIpc) is 3.27. The molecule has 25 heavy (non-hydrogen) atoms. The summed E-state index contributed by atoms with van der Waals surface area (Å²) < 4.78 is 2.04. The van der Waals surface area contributed by atoms with E-state index in [1.54, 1.807) is 4.90 Å². The van der Waals surface area contributed by atoms with E-state index < -0.39 is 0 Å². The molecule has 1 unspecified atom stereocenters. The third-order valence-electron chi connectivity index (χ3n) is 5.63. The zero-order chi connectivity index (χ0) is 17.1. The van der Waals surface area contributed by atoms with Gasteiger partial charge in [-0.15, -0.1) is 0 Å². The molecule has 1 saturated carbocycles. The number of guanidine groups is 1. The highest BCUT2D eigenvalue weighted by Crippen LogP contribution is 2.40. The highest BCUT2D eigenvalue weighted by molar-refractivity contribution is 6.18. The van der Waals surface area contributed by atoms with Crippen molar-refractivity contribution in [3.8, 4) is 0 Å². The van der Waals surface area contributed by atoms with Gasteiger partial charge in [0.2, 0.25) is 5.96 Å². The smallest absolute Gasteiger partial charge is 0.280 e. The maximum Gasteiger partial charge on any atom is 0.280 e. The van der Waals surface area contributed by atoms with Crippen molar-refractivity contribution >= 4 is 17.7 Å². The fourth-order valence-corrected chi connectivity index (χ4v) is 4.37. The SMILES string of the molecule is Cc1nc2c(n1Cc1ccccc1)C(=O)N(C)C1=NC3CCC[C@@H]3N12. The van der Waals surface area contributed by atoms with Crippen LogP contribution in [0, 0.1) is 6.92 Å². The van der Waals surface area contributed by atoms with Gasteiger partial charge >= 0.3 is 0 Å². The molecule has 1 aliphatic carbocycles. The van der Waals surface area contributed by atoms with E-state index in [9.17, 15) is 4.79 Å². The van der Waals surface area contributed by atoms with Crippen LogP contribution >= 0.6 is 0 Å². The maximum absolute atomic E-state index is 13.1. The Morgan fingerprint density at radius 1 is 1.20 bits per heavy atom. The van der Waals surface area contributed by atoms with Gasteiger partial charge in [-0.05, 0) is 31.7 Å². The summed E-state index contributed by atoms with van der Waals surface area (Å²) in [5.74, 6) is 2.43. The topological polar surface area (TPSA) is 53.7 Å². The molecule has 2 aromatic rings. The molecule has 2 atom stereocenters. The number of fused-ring (bicyclic) bond motifs is 5. The quantitative estimate of drug-likeness (QED) is 0.847. The first-order chi connectivity index (χ1) is 12.1. The molecule has 3 heterocycles. The van der Waals surface area contributed by atoms with Crippen molar-refractivity contribution in [2.75, 3.05) is 11.9 Å². The van der Waals surface area contributed by atoms with Crippen molar-refractivity contribution in [3.05, 3.63) is 47.4 Å². The molecule has 6 heteroatoms. The van der Waals surface area contributed by atoms with E-state index in [2.05, 4.69) is 17.0 Å². The average molecular weight is 335 g/mol. The van der Waals surface area contributed by atoms with Gasteiger partial charge in [0.25, 0.3) is 5.91 Å². The number of anilines is 1. The summed E-state index contributed by atoms with van der Waals surface area (Å²) in [4.78, 5) is 26.6. The lowest BCUT2D eigenvalue weighted by molar-refractivity contribution is 0.0854. The number of amides is 1. The van der Waals surface area contributed by atoms with Crippen LogP contribution in [0.25, 0.3) is 0 Å². The normalized spacial score (nSPS) is 24.2. The molecule has 6 nitrogen and oxygen atoms in total. The largest absolute Gasteiger partial charge is 0.318 e. The minimum absolute atomic E-state index is 0.0125. The van der Waals surface area contributed by atoms with E-state index in [1.807, 2.05) is 36.7 Å². The summed E-state index contributed by atoms with van der Waals surface area (Å²) in [5.41, 5.74) is 1.86. The van der Waals surface area contributed by atoms with Crippen LogP contribution in [0.4, 0.5) is 5.82 Å². The van der Waals surface area contributed by atoms with Crippen molar-refractivity contribution in [2.45, 2.75) is 44.8 Å². The van der Waals surface area contributed by atoms with Gasteiger partial charge in [-0.3, -0.25) is 14.6 Å². The van der Waals surface area contributed by atoms with Gasteiger partial charge in [-0.2, -0.15) is 0 Å². The Balaban J connectivity index is 1.63. The lowest BCUT2D eigenvalue weighted by Crippen LogP contribution is -2.51. The summed E-state index contributed by atoms with van der Waals surface area (Å²) in [5, 5.41) is 0. The van der Waals surface area contributed by atoms with Gasteiger partial charge in [0.15, 0.2) is 11.5 Å². The van der Waals surface area contributed by atoms with Crippen LogP contribution < -0.4 is 4.90 Å². The molecule has 0 radical (unpaired) electrons. The van der Waals surface area contributed by atoms with E-state index in [0.29, 0.717) is 24.3 Å². The van der Waals surface area contributed by atoms with Crippen molar-refractivity contribution in [3.63, 3.8) is 0 Å². The number of aromatic nitrogens is 2. The third kappa shape index (κ3) is 2.00. The fraction of sp³-hybridized carbons (Fsp3) is 0.421. The minimum Gasteiger partial charge on any atom is -0.318 e. The number of benzene rings is 1. The monoisotopic (exact) mass is 335 g/mol. The predicted molar refractivity (Wildman–Crippen MR) is 95.9 cm³/mol. The summed E-state index contributed by atoms with van der Waals surface area (Å²) in [6.07, 6.45) is 3.41. The van der Waals surface area contributed by atoms with E-state index >= 15 is 0 Å². The number of rotatable bonds is 2. The van der Waals surface area contributed by atoms with Crippen LogP contribution in [0.15, 0.2) is 35.3 Å². The van der Waals surface area contributed by atoms with Crippen molar-refractivity contribution in [1.82, 2.24) is 14.5 Å². The second-order valence-electron chi connectivity index (χ2n) is 7.13. The molecule has 0 bridgehead atoms. The number of nitrogens with zero attached hydrogens (tertiary/aromatic N) is 5. The van der Waals surface area contributed by atoms with Gasteiger partial charge in [-0.25, -0.2) is 9.98 Å². The molecule has 5 rings (SSSR count). The summed E-state index contributed by atoms with van der Waals surface area (Å²) in [6, 6.07) is 10.9. The molecule has 0 spiro atoms. The second kappa shape index (κ2) is 5.18. The van der Waals surface area contributed by atoms with Crippen LogP contribution in [-0.4, -0.2) is 45.4 Å². The number of imidazole rings is 1. The van der Waals surface area contributed by atoms with E-state index in [0.717, 1.165) is 30.4 Å². The third-order valence-corrected chi connectivity index (χ3v) is 5.63. The Hall–Kier alpha value is -2.63. The lowest BCUT2D eigenvalue weighted by atomic mass is 10.1. The zero-order valence-corrected chi connectivity index (χ0v) is 14.5. The van der Waals surface area contributed by atoms with Crippen molar-refractivity contribution in [1.29, 1.82) is 0 Å². The second-order valence-corrected chi connectivity index (χ2v) is 7.13. The molecular weight excluding hydrogens is 314 g/mol. The number of aryl methyl sites for hydroxylation is 1. The number of hydrogen-bond donors (Lipinski definition) is 0. The molecule has 1 amide bonds. The Morgan fingerprint density at radius 3 is 2.80 bits per heavy atom. The minimum atomic E-state index is -0.0125. The van der Waals surface area contributed by atoms with Crippen LogP contribution in [0.2, 0.25) is 0 Å². The number of hydrogen-bond acceptors (Lipinski definition) is 4. The first-order valence-corrected chi connectivity index (χ1v) is 8.91. The summed E-state index contributed by atoms with van der Waals surface area (Å²) >= 11 is 0. The van der Waals surface area contributed by atoms with Crippen molar-refractivity contribution in [2.24, 2.45) is 4.99 Å². The van der Waals surface area contributed by atoms with Gasteiger partial charge in [-0.1, -0.05) is 30.3 Å². The van der Waals surface area contributed by atoms with Gasteiger partial charge in [0.1, 0.15) is 5.82 Å². The molecule has 0 saturated heterocycles. The predicted octanol–water partition coefficient (Wildman–Crippen LogP) is 2.42. The molecular formula is C19H21N5O. The van der Waals surface area contributed by atoms with E-state index in [4.69, 9.17) is 9.98 Å². The fourth-order valence-electron chi connectivity index (χ4n) is 4.37. The Morgan fingerprint density at radius 2 is 2.00 bits per heavy atom. The van der Waals surface area contributed by atoms with Gasteiger partial charge in [0.05, 0.1) is 12.1 Å². The molecule has 1 aromatic carbocycles. The molecule has 3 aliphatic rings. The Kier molecular flexibility index (Phi) is 3.04. The van der Waals surface area contributed by atoms with Gasteiger partial charge in [0, 0.05) is 13.6 Å². The lowest BCUT2D eigenvalue weighted by Gasteiger charge is -2.34. The van der Waals surface area contributed by atoms with Crippen LogP contribution in [0.3, 0.4) is 0 Å². The number of carbonyl (C=O) groups is 1. The standard InChI is InChI=1S/C19H21N5O/c1-12-20-17-16(23(12)11-13-7-4-3-5-8-13)18(25)22(2)19-21-14-9-6-10-15(14)24(17)19/h3-5,7-8,14-15H,6,9-11H2,1-2H3/t14?,15-/m0/s1. The zero-order valence-electron chi connectivity index (χ0n) is 14.5. The Labute approximate surface area is 146 Å². The maximum atomic E-state index is 13.1. The highest BCUT2D eigenvalue weighted by Gasteiger charge is 2.48. The highest BCUT2D eigenvalue weighted by atomic mass is 16.2. The summed E-state index contributed by atoms with van der Waals surface area (Å²) in [6.45, 7) is 2.64. The van der Waals surface area contributed by atoms with Crippen LogP contribution in [0.1, 0.15) is 41.1 Å². The Bertz CT molecular complexity index is 885. The van der Waals surface area contributed by atoms with E-state index in [1.165, 1.54) is 12.0 Å². The first kappa shape index (κ1) is 14.7. The molecule has 0 N–H and O–H groups in total. The van der Waals surface area contributed by atoms with E-state index in [-0.39, 0.29) is 5.91 Å². The molecule has 128 valence electrons. The van der Waals surface area contributed by atoms with Crippen molar-refractivity contribution < 1.29 is 4.79 Å². The molecule has 1 aromatic heterocycles. The molecule has 2 aliphatic heterocycles. The first-order valence-electron chi connectivity index (χ1n) is 8.91. The molecule has 1 fully saturated rings. The van der Waals surface area contributed by atoms with Gasteiger partial charge < -0.3 is 4.57 Å². The number of carbonyl (C=O) groups excluding carboxylic acids is 1.